The zero-order valence-corrected chi connectivity index (χ0v) is 12.3. The van der Waals surface area contributed by atoms with Gasteiger partial charge in [-0.25, -0.2) is 0 Å². The normalized spacial score (nSPS) is 13.1. The number of hydrogen-bond donors (Lipinski definition) is 0. The van der Waals surface area contributed by atoms with Gasteiger partial charge in [0.2, 0.25) is 5.78 Å². The van der Waals surface area contributed by atoms with Crippen molar-refractivity contribution in [1.29, 1.82) is 0 Å². The van der Waals surface area contributed by atoms with Gasteiger partial charge in [0.05, 0.1) is 10.7 Å². The topological polar surface area (TPSA) is 44.1 Å². The zero-order chi connectivity index (χ0) is 13.0. The molecule has 0 saturated carbocycles. The smallest absolute Gasteiger partial charge is 0.210 e. The molecule has 0 spiro atoms. The molecule has 1 heterocycles. The summed E-state index contributed by atoms with van der Waals surface area (Å²) in [4.78, 5) is 12.4. The molecule has 5 heteroatoms. The second kappa shape index (κ2) is 6.31. The third-order valence-electron chi connectivity index (χ3n) is 2.54. The lowest BCUT2D eigenvalue weighted by molar-refractivity contribution is 0.0270. The molecule has 0 aliphatic rings. The molecule has 1 atom stereocenters. The number of aryl methyl sites for hydroxylation is 1. The van der Waals surface area contributed by atoms with Gasteiger partial charge in [-0.05, 0) is 35.7 Å². The Labute approximate surface area is 110 Å². The van der Waals surface area contributed by atoms with Crippen LogP contribution in [0, 0.1) is 5.92 Å². The average Bonchev–Trinajstić information content (AvgIpc) is 2.66. The van der Waals surface area contributed by atoms with Crippen LogP contribution in [0.2, 0.25) is 0 Å². The van der Waals surface area contributed by atoms with Crippen molar-refractivity contribution in [2.45, 2.75) is 40.3 Å². The van der Waals surface area contributed by atoms with E-state index >= 15 is 0 Å². The van der Waals surface area contributed by atoms with Crippen molar-refractivity contribution < 1.29 is 9.53 Å². The number of ketones is 1. The third-order valence-corrected chi connectivity index (χ3v) is 3.12. The number of hydrogen-bond acceptors (Lipinski definition) is 3. The molecule has 0 aliphatic heterocycles. The van der Waals surface area contributed by atoms with Gasteiger partial charge in [0, 0.05) is 13.2 Å². The molecule has 0 aliphatic carbocycles. The summed E-state index contributed by atoms with van der Waals surface area (Å²) in [5.41, 5.74) is 0.597. The monoisotopic (exact) mass is 302 g/mol. The van der Waals surface area contributed by atoms with Crippen LogP contribution in [0.15, 0.2) is 10.7 Å². The molecule has 17 heavy (non-hydrogen) atoms. The van der Waals surface area contributed by atoms with Gasteiger partial charge in [-0.1, -0.05) is 13.8 Å². The lowest BCUT2D eigenvalue weighted by Gasteiger charge is -2.20. The molecule has 0 fully saturated rings. The maximum Gasteiger partial charge on any atom is 0.210 e. The van der Waals surface area contributed by atoms with Crippen LogP contribution in [0.4, 0.5) is 0 Å². The number of halogens is 1. The van der Waals surface area contributed by atoms with E-state index < -0.39 is 6.10 Å². The molecule has 0 bridgehead atoms. The first-order valence-corrected chi connectivity index (χ1v) is 6.69. The van der Waals surface area contributed by atoms with Gasteiger partial charge in [-0.15, -0.1) is 0 Å². The van der Waals surface area contributed by atoms with Crippen LogP contribution in [-0.2, 0) is 11.3 Å². The SMILES string of the molecule is CCOC(C(=O)c1c(Br)cnn1CC)C(C)C. The van der Waals surface area contributed by atoms with Crippen molar-refractivity contribution in [2.24, 2.45) is 5.92 Å². The highest BCUT2D eigenvalue weighted by Gasteiger charge is 2.28. The van der Waals surface area contributed by atoms with Crippen LogP contribution in [0.3, 0.4) is 0 Å². The largest absolute Gasteiger partial charge is 0.370 e. The van der Waals surface area contributed by atoms with E-state index in [2.05, 4.69) is 21.0 Å². The zero-order valence-electron chi connectivity index (χ0n) is 10.7. The van der Waals surface area contributed by atoms with Crippen LogP contribution < -0.4 is 0 Å². The number of rotatable bonds is 6. The van der Waals surface area contributed by atoms with Gasteiger partial charge >= 0.3 is 0 Å². The summed E-state index contributed by atoms with van der Waals surface area (Å²) in [6.07, 6.45) is 1.25. The van der Waals surface area contributed by atoms with Crippen LogP contribution in [-0.4, -0.2) is 28.3 Å². The summed E-state index contributed by atoms with van der Waals surface area (Å²) in [6, 6.07) is 0. The van der Waals surface area contributed by atoms with E-state index in [1.807, 2.05) is 27.7 Å². The first-order chi connectivity index (χ1) is 8.02. The second-order valence-electron chi connectivity index (χ2n) is 4.14. The number of carbonyl (C=O) groups is 1. The molecular weight excluding hydrogens is 284 g/mol. The number of nitrogens with zero attached hydrogens (tertiary/aromatic N) is 2. The molecule has 1 unspecified atom stereocenters. The minimum Gasteiger partial charge on any atom is -0.370 e. The fourth-order valence-corrected chi connectivity index (χ4v) is 2.22. The molecule has 4 nitrogen and oxygen atoms in total. The van der Waals surface area contributed by atoms with Crippen molar-refractivity contribution in [3.05, 3.63) is 16.4 Å². The lowest BCUT2D eigenvalue weighted by Crippen LogP contribution is -2.31. The Bertz CT molecular complexity index is 388. The number of ether oxygens (including phenoxy) is 1. The minimum absolute atomic E-state index is 0.00641. The Hall–Kier alpha value is -0.680. The lowest BCUT2D eigenvalue weighted by atomic mass is 10.0. The van der Waals surface area contributed by atoms with Gasteiger partial charge in [0.25, 0.3) is 0 Å². The maximum atomic E-state index is 12.4. The first kappa shape index (κ1) is 14.4. The van der Waals surface area contributed by atoms with Crippen molar-refractivity contribution in [3.8, 4) is 0 Å². The van der Waals surface area contributed by atoms with Gasteiger partial charge in [-0.2, -0.15) is 5.10 Å². The van der Waals surface area contributed by atoms with Crippen molar-refractivity contribution in [1.82, 2.24) is 9.78 Å². The van der Waals surface area contributed by atoms with E-state index in [1.54, 1.807) is 10.9 Å². The highest BCUT2D eigenvalue weighted by molar-refractivity contribution is 9.10. The van der Waals surface area contributed by atoms with E-state index in [-0.39, 0.29) is 11.7 Å². The molecule has 1 aromatic rings. The van der Waals surface area contributed by atoms with Crippen molar-refractivity contribution >= 4 is 21.7 Å². The fraction of sp³-hybridized carbons (Fsp3) is 0.667. The molecule has 0 aromatic carbocycles. The molecule has 0 amide bonds. The molecule has 0 N–H and O–H groups in total. The Morgan fingerprint density at radius 2 is 2.18 bits per heavy atom. The average molecular weight is 303 g/mol. The maximum absolute atomic E-state index is 12.4. The Morgan fingerprint density at radius 1 is 1.53 bits per heavy atom. The summed E-state index contributed by atoms with van der Waals surface area (Å²) in [7, 11) is 0. The highest BCUT2D eigenvalue weighted by atomic mass is 79.9. The van der Waals surface area contributed by atoms with E-state index in [1.165, 1.54) is 0 Å². The quantitative estimate of drug-likeness (QED) is 0.759. The van der Waals surface area contributed by atoms with E-state index in [0.29, 0.717) is 18.8 Å². The fourth-order valence-electron chi connectivity index (χ4n) is 1.73. The molecule has 1 aromatic heterocycles. The Kier molecular flexibility index (Phi) is 5.33. The predicted octanol–water partition coefficient (Wildman–Crippen LogP) is 2.91. The molecule has 0 radical (unpaired) electrons. The number of carbonyl (C=O) groups excluding carboxylic acids is 1. The van der Waals surface area contributed by atoms with Crippen LogP contribution in [0.1, 0.15) is 38.2 Å². The molecular formula is C12H19BrN2O2. The van der Waals surface area contributed by atoms with Gasteiger partial charge in [0.15, 0.2) is 0 Å². The number of Topliss-reactive ketones (excluding diaryl/α,β-unsaturated/α-hetero) is 1. The van der Waals surface area contributed by atoms with Crippen LogP contribution >= 0.6 is 15.9 Å². The van der Waals surface area contributed by atoms with E-state index in [0.717, 1.165) is 4.47 Å². The number of aromatic nitrogens is 2. The van der Waals surface area contributed by atoms with Crippen molar-refractivity contribution in [2.75, 3.05) is 6.61 Å². The summed E-state index contributed by atoms with van der Waals surface area (Å²) in [6.45, 7) is 9.03. The Balaban J connectivity index is 3.04. The third kappa shape index (κ3) is 3.16. The van der Waals surface area contributed by atoms with Gasteiger partial charge in [-0.3, -0.25) is 9.48 Å². The summed E-state index contributed by atoms with van der Waals surface area (Å²) in [5.74, 6) is 0.141. The van der Waals surface area contributed by atoms with E-state index in [4.69, 9.17) is 4.74 Å². The molecule has 96 valence electrons. The summed E-state index contributed by atoms with van der Waals surface area (Å²) in [5, 5.41) is 4.15. The first-order valence-electron chi connectivity index (χ1n) is 5.90. The predicted molar refractivity (Wildman–Crippen MR) is 70.2 cm³/mol. The minimum atomic E-state index is -0.404. The van der Waals surface area contributed by atoms with E-state index in [9.17, 15) is 4.79 Å². The second-order valence-corrected chi connectivity index (χ2v) is 5.00. The molecule has 1 rings (SSSR count). The Morgan fingerprint density at radius 3 is 2.65 bits per heavy atom. The summed E-state index contributed by atoms with van der Waals surface area (Å²) >= 11 is 3.37. The summed E-state index contributed by atoms with van der Waals surface area (Å²) < 4.78 is 7.96. The van der Waals surface area contributed by atoms with Crippen LogP contribution in [0.5, 0.6) is 0 Å². The van der Waals surface area contributed by atoms with Gasteiger partial charge in [0.1, 0.15) is 11.8 Å². The highest BCUT2D eigenvalue weighted by Crippen LogP contribution is 2.21. The standard InChI is InChI=1S/C12H19BrN2O2/c1-5-15-10(9(13)7-14-15)11(16)12(8(3)4)17-6-2/h7-8,12H,5-6H2,1-4H3. The van der Waals surface area contributed by atoms with Crippen LogP contribution in [0.25, 0.3) is 0 Å². The van der Waals surface area contributed by atoms with Gasteiger partial charge < -0.3 is 4.74 Å². The molecule has 0 saturated heterocycles. The van der Waals surface area contributed by atoms with Crippen molar-refractivity contribution in [3.63, 3.8) is 0 Å².